The van der Waals surface area contributed by atoms with Crippen molar-refractivity contribution in [3.63, 3.8) is 0 Å². The van der Waals surface area contributed by atoms with Gasteiger partial charge in [0.15, 0.2) is 0 Å². The van der Waals surface area contributed by atoms with Crippen LogP contribution in [0, 0.1) is 23.7 Å². The van der Waals surface area contributed by atoms with Crippen LogP contribution in [0.25, 0.3) is 11.1 Å². The molecule has 6 rings (SSSR count). The van der Waals surface area contributed by atoms with Crippen LogP contribution in [-0.2, 0) is 32.1 Å². The molecule has 0 aromatic heterocycles. The van der Waals surface area contributed by atoms with Crippen molar-refractivity contribution in [3.05, 3.63) is 80.2 Å². The molecular formula is C43H60Cl2Zr. The normalized spacial score (nSPS) is 20.0. The number of rotatable bonds is 6. The molecule has 0 spiro atoms. The molecule has 2 aromatic carbocycles. The van der Waals surface area contributed by atoms with Crippen LogP contribution in [0.4, 0.5) is 0 Å². The van der Waals surface area contributed by atoms with E-state index in [4.69, 9.17) is 0 Å². The van der Waals surface area contributed by atoms with Gasteiger partial charge < -0.3 is 24.8 Å². The van der Waals surface area contributed by atoms with Gasteiger partial charge in [0.2, 0.25) is 0 Å². The Morgan fingerprint density at radius 1 is 0.652 bits per heavy atom. The number of halogens is 2. The summed E-state index contributed by atoms with van der Waals surface area (Å²) < 4.78 is 4.59. The van der Waals surface area contributed by atoms with E-state index < -0.39 is 21.3 Å². The third-order valence-corrected chi connectivity index (χ3v) is 21.5. The Balaban J connectivity index is 0.00000240. The Morgan fingerprint density at radius 2 is 1.09 bits per heavy atom. The second kappa shape index (κ2) is 15.4. The predicted octanol–water partition coefficient (Wildman–Crippen LogP) is 6.43. The first-order valence-corrected chi connectivity index (χ1v) is 22.2. The maximum Gasteiger partial charge on any atom is -1.00 e. The Morgan fingerprint density at radius 3 is 1.46 bits per heavy atom. The SMILES string of the molecule is CC([C](C(C)C1CCCCC1)=[Zr+2]([C]1=CC=CC1)[CH]1c2ccc(C(C)(C)C)cc2-c2cc(C(C)(C)C)ccc21)C1CCCCC1.[Cl-].[Cl-]. The van der Waals surface area contributed by atoms with Gasteiger partial charge >= 0.3 is 280 Å². The van der Waals surface area contributed by atoms with E-state index in [2.05, 4.69) is 113 Å². The van der Waals surface area contributed by atoms with E-state index in [1.54, 1.807) is 22.3 Å². The molecule has 2 fully saturated rings. The topological polar surface area (TPSA) is 0 Å². The largest absolute Gasteiger partial charge is 1.00 e. The quantitative estimate of drug-likeness (QED) is 0.321. The fourth-order valence-electron chi connectivity index (χ4n) is 9.36. The minimum atomic E-state index is -2.44. The molecule has 0 nitrogen and oxygen atoms in total. The second-order valence-corrected chi connectivity index (χ2v) is 23.6. The molecule has 0 saturated heterocycles. The van der Waals surface area contributed by atoms with Crippen LogP contribution in [0.1, 0.15) is 152 Å². The molecule has 0 heterocycles. The van der Waals surface area contributed by atoms with E-state index in [0.717, 1.165) is 23.7 Å². The van der Waals surface area contributed by atoms with Gasteiger partial charge in [-0.05, 0) is 0 Å². The average Bonchev–Trinajstić information content (AvgIpc) is 3.65. The van der Waals surface area contributed by atoms with Crippen LogP contribution in [0.3, 0.4) is 0 Å². The van der Waals surface area contributed by atoms with Gasteiger partial charge in [0.25, 0.3) is 0 Å². The average molecular weight is 739 g/mol. The van der Waals surface area contributed by atoms with Crippen molar-refractivity contribution in [1.29, 1.82) is 0 Å². The van der Waals surface area contributed by atoms with Crippen LogP contribution in [0.5, 0.6) is 0 Å². The van der Waals surface area contributed by atoms with Crippen LogP contribution >= 0.6 is 0 Å². The Kier molecular flexibility index (Phi) is 12.8. The van der Waals surface area contributed by atoms with Gasteiger partial charge in [-0.2, -0.15) is 0 Å². The molecule has 0 radical (unpaired) electrons. The number of fused-ring (bicyclic) bond motifs is 3. The molecule has 2 aromatic rings. The molecule has 2 atom stereocenters. The van der Waals surface area contributed by atoms with Crippen LogP contribution in [0.2, 0.25) is 0 Å². The monoisotopic (exact) mass is 736 g/mol. The summed E-state index contributed by atoms with van der Waals surface area (Å²) in [6.07, 6.45) is 23.2. The van der Waals surface area contributed by atoms with Crippen molar-refractivity contribution in [2.75, 3.05) is 0 Å². The van der Waals surface area contributed by atoms with Crippen molar-refractivity contribution in [1.82, 2.24) is 0 Å². The van der Waals surface area contributed by atoms with E-state index in [1.165, 1.54) is 81.8 Å². The number of allylic oxidation sites excluding steroid dienone is 4. The molecule has 4 aliphatic carbocycles. The number of hydrogen-bond donors (Lipinski definition) is 0. The Bertz CT molecular complexity index is 1360. The molecule has 2 unspecified atom stereocenters. The Labute approximate surface area is 302 Å². The van der Waals surface area contributed by atoms with E-state index in [9.17, 15) is 0 Å². The summed E-state index contributed by atoms with van der Waals surface area (Å²) in [5.74, 6) is 3.31. The van der Waals surface area contributed by atoms with Gasteiger partial charge in [-0.25, -0.2) is 0 Å². The zero-order valence-electron chi connectivity index (χ0n) is 30.1. The summed E-state index contributed by atoms with van der Waals surface area (Å²) in [4.78, 5) is 0. The predicted molar refractivity (Wildman–Crippen MR) is 189 cm³/mol. The zero-order chi connectivity index (χ0) is 31.2. The first-order valence-electron chi connectivity index (χ1n) is 18.3. The Hall–Kier alpha value is -0.747. The third kappa shape index (κ3) is 7.68. The summed E-state index contributed by atoms with van der Waals surface area (Å²) >= 11 is -2.44. The van der Waals surface area contributed by atoms with Gasteiger partial charge in [0.05, 0.1) is 0 Å². The molecule has 3 heteroatoms. The van der Waals surface area contributed by atoms with E-state index in [0.29, 0.717) is 3.63 Å². The number of benzene rings is 2. The van der Waals surface area contributed by atoms with Crippen LogP contribution < -0.4 is 24.8 Å². The zero-order valence-corrected chi connectivity index (χ0v) is 34.1. The second-order valence-electron chi connectivity index (χ2n) is 17.1. The van der Waals surface area contributed by atoms with Crippen molar-refractivity contribution in [3.8, 4) is 11.1 Å². The molecule has 0 aliphatic heterocycles. The van der Waals surface area contributed by atoms with Crippen molar-refractivity contribution in [2.24, 2.45) is 23.7 Å². The first kappa shape index (κ1) is 38.1. The molecule has 0 N–H and O–H groups in total. The summed E-state index contributed by atoms with van der Waals surface area (Å²) in [5, 5.41) is 0. The summed E-state index contributed by atoms with van der Waals surface area (Å²) in [6, 6.07) is 15.4. The van der Waals surface area contributed by atoms with E-state index in [-0.39, 0.29) is 35.6 Å². The fourth-order valence-corrected chi connectivity index (χ4v) is 19.8. The van der Waals surface area contributed by atoms with E-state index >= 15 is 0 Å². The molecule has 0 bridgehead atoms. The minimum Gasteiger partial charge on any atom is -1.00 e. The van der Waals surface area contributed by atoms with Gasteiger partial charge in [0, 0.05) is 0 Å². The van der Waals surface area contributed by atoms with Gasteiger partial charge in [0.1, 0.15) is 0 Å². The maximum absolute atomic E-state index is 2.72. The van der Waals surface area contributed by atoms with Gasteiger partial charge in [-0.1, -0.05) is 0 Å². The maximum atomic E-state index is 2.72. The third-order valence-electron chi connectivity index (χ3n) is 12.2. The fraction of sp³-hybridized carbons (Fsp3) is 0.605. The molecular weight excluding hydrogens is 679 g/mol. The molecule has 4 aliphatic rings. The van der Waals surface area contributed by atoms with Gasteiger partial charge in [-0.15, -0.1) is 0 Å². The van der Waals surface area contributed by atoms with Crippen LogP contribution in [-0.4, -0.2) is 3.21 Å². The molecule has 46 heavy (non-hydrogen) atoms. The van der Waals surface area contributed by atoms with Crippen molar-refractivity contribution >= 4 is 3.21 Å². The van der Waals surface area contributed by atoms with Crippen molar-refractivity contribution < 1.29 is 46.1 Å². The molecule has 2 saturated carbocycles. The first-order chi connectivity index (χ1) is 20.9. The standard InChI is InChI=1S/C21H25.C17H30.C5H5.2ClH.Zr/c1-20(2,3)16-9-7-14-11-15-8-10-17(21(4,5)6)13-19(15)18(14)12-16;1-14(16-9-5-3-6-10-16)13-15(2)17-11-7-4-8-12-17;1-2-4-5-3-1;;;/h7-13H,1-6H3;14-17H,3-12H2,1-2H3;1-3H,4H2;2*1H;/q;;;;;+2/p-2. The summed E-state index contributed by atoms with van der Waals surface area (Å²) in [5.41, 5.74) is 9.72. The molecule has 250 valence electrons. The van der Waals surface area contributed by atoms with E-state index in [1.807, 2.05) is 3.28 Å². The summed E-state index contributed by atoms with van der Waals surface area (Å²) in [6.45, 7) is 19.7. The minimum absolute atomic E-state index is 0. The van der Waals surface area contributed by atoms with Crippen LogP contribution in [0.15, 0.2) is 57.9 Å². The van der Waals surface area contributed by atoms with Gasteiger partial charge in [-0.3, -0.25) is 0 Å². The molecule has 0 amide bonds. The smallest absolute Gasteiger partial charge is 1.00 e. The summed E-state index contributed by atoms with van der Waals surface area (Å²) in [7, 11) is 0. The number of hydrogen-bond acceptors (Lipinski definition) is 0. The van der Waals surface area contributed by atoms with Crippen molar-refractivity contribution in [2.45, 2.75) is 140 Å².